The number of aryl methyl sites for hydroxylation is 1. The van der Waals surface area contributed by atoms with Crippen LogP contribution in [0.2, 0.25) is 0 Å². The molecule has 0 amide bonds. The molecular formula is C17H27N. The number of hydrogen-bond donors (Lipinski definition) is 1. The van der Waals surface area contributed by atoms with Gasteiger partial charge in [-0.05, 0) is 36.3 Å². The van der Waals surface area contributed by atoms with E-state index < -0.39 is 0 Å². The van der Waals surface area contributed by atoms with Crippen molar-refractivity contribution in [3.8, 4) is 0 Å². The average Bonchev–Trinajstić information content (AvgIpc) is 2.46. The lowest BCUT2D eigenvalue weighted by molar-refractivity contribution is 0.324. The predicted molar refractivity (Wildman–Crippen MR) is 78.6 cm³/mol. The second kappa shape index (κ2) is 6.94. The summed E-state index contributed by atoms with van der Waals surface area (Å²) >= 11 is 0. The van der Waals surface area contributed by atoms with Crippen LogP contribution < -0.4 is 5.73 Å². The molecule has 2 rings (SSSR count). The van der Waals surface area contributed by atoms with Crippen LogP contribution in [0.25, 0.3) is 0 Å². The average molecular weight is 245 g/mol. The fraction of sp³-hybridized carbons (Fsp3) is 0.647. The first-order chi connectivity index (χ1) is 8.79. The maximum Gasteiger partial charge on any atom is 0.0295 e. The molecule has 1 atom stereocenters. The van der Waals surface area contributed by atoms with Crippen molar-refractivity contribution in [1.29, 1.82) is 0 Å². The van der Waals surface area contributed by atoms with E-state index in [4.69, 9.17) is 5.73 Å². The Bertz CT molecular complexity index is 352. The molecule has 0 heterocycles. The SMILES string of the molecule is CCc1cccc(C(N)CCC2CCCCC2)c1. The Balaban J connectivity index is 1.84. The molecule has 100 valence electrons. The van der Waals surface area contributed by atoms with Crippen LogP contribution in [-0.4, -0.2) is 0 Å². The molecular weight excluding hydrogens is 218 g/mol. The van der Waals surface area contributed by atoms with Crippen LogP contribution in [0.3, 0.4) is 0 Å². The molecule has 0 radical (unpaired) electrons. The van der Waals surface area contributed by atoms with E-state index in [1.807, 2.05) is 0 Å². The van der Waals surface area contributed by atoms with Crippen molar-refractivity contribution < 1.29 is 0 Å². The van der Waals surface area contributed by atoms with E-state index in [0.717, 1.165) is 18.8 Å². The first-order valence-corrected chi connectivity index (χ1v) is 7.64. The number of rotatable bonds is 5. The summed E-state index contributed by atoms with van der Waals surface area (Å²) in [6, 6.07) is 9.04. The van der Waals surface area contributed by atoms with Gasteiger partial charge in [0.2, 0.25) is 0 Å². The van der Waals surface area contributed by atoms with Gasteiger partial charge >= 0.3 is 0 Å². The van der Waals surface area contributed by atoms with Crippen LogP contribution >= 0.6 is 0 Å². The Morgan fingerprint density at radius 2 is 2.00 bits per heavy atom. The fourth-order valence-corrected chi connectivity index (χ4v) is 3.10. The molecule has 1 saturated carbocycles. The molecule has 18 heavy (non-hydrogen) atoms. The van der Waals surface area contributed by atoms with E-state index >= 15 is 0 Å². The third-order valence-corrected chi connectivity index (χ3v) is 4.40. The third kappa shape index (κ3) is 3.84. The molecule has 1 aliphatic rings. The minimum Gasteiger partial charge on any atom is -0.324 e. The van der Waals surface area contributed by atoms with E-state index in [2.05, 4.69) is 31.2 Å². The van der Waals surface area contributed by atoms with E-state index in [9.17, 15) is 0 Å². The van der Waals surface area contributed by atoms with Gasteiger partial charge in [-0.15, -0.1) is 0 Å². The van der Waals surface area contributed by atoms with Gasteiger partial charge in [-0.25, -0.2) is 0 Å². The maximum atomic E-state index is 6.34. The minimum absolute atomic E-state index is 0.235. The molecule has 0 saturated heterocycles. The van der Waals surface area contributed by atoms with Gasteiger partial charge in [0.05, 0.1) is 0 Å². The molecule has 1 aromatic rings. The highest BCUT2D eigenvalue weighted by Gasteiger charge is 2.15. The van der Waals surface area contributed by atoms with E-state index in [1.54, 1.807) is 0 Å². The standard InChI is InChI=1S/C17H27N/c1-2-14-9-6-10-16(13-14)17(18)12-11-15-7-4-3-5-8-15/h6,9-10,13,15,17H,2-5,7-8,11-12,18H2,1H3. The van der Waals surface area contributed by atoms with E-state index in [-0.39, 0.29) is 6.04 Å². The summed E-state index contributed by atoms with van der Waals surface area (Å²) in [4.78, 5) is 0. The smallest absolute Gasteiger partial charge is 0.0295 e. The summed E-state index contributed by atoms with van der Waals surface area (Å²) < 4.78 is 0. The molecule has 0 aromatic heterocycles. The Labute approximate surface area is 112 Å². The second-order valence-corrected chi connectivity index (χ2v) is 5.79. The van der Waals surface area contributed by atoms with Crippen molar-refractivity contribution in [2.24, 2.45) is 11.7 Å². The summed E-state index contributed by atoms with van der Waals surface area (Å²) in [7, 11) is 0. The molecule has 1 aliphatic carbocycles. The summed E-state index contributed by atoms with van der Waals surface area (Å²) in [5, 5.41) is 0. The van der Waals surface area contributed by atoms with Gasteiger partial charge < -0.3 is 5.73 Å². The van der Waals surface area contributed by atoms with Crippen molar-refractivity contribution in [2.45, 2.75) is 64.3 Å². The topological polar surface area (TPSA) is 26.0 Å². The lowest BCUT2D eigenvalue weighted by Gasteiger charge is -2.23. The van der Waals surface area contributed by atoms with Crippen LogP contribution in [0.5, 0.6) is 0 Å². The molecule has 1 nitrogen and oxygen atoms in total. The molecule has 1 heteroatoms. The summed E-state index contributed by atoms with van der Waals surface area (Å²) in [5.41, 5.74) is 9.06. The van der Waals surface area contributed by atoms with Crippen molar-refractivity contribution in [1.82, 2.24) is 0 Å². The number of nitrogens with two attached hydrogens (primary N) is 1. The van der Waals surface area contributed by atoms with Crippen LogP contribution in [0.4, 0.5) is 0 Å². The van der Waals surface area contributed by atoms with Crippen LogP contribution in [0, 0.1) is 5.92 Å². The zero-order valence-electron chi connectivity index (χ0n) is 11.7. The zero-order valence-corrected chi connectivity index (χ0v) is 11.7. The minimum atomic E-state index is 0.235. The first kappa shape index (κ1) is 13.6. The van der Waals surface area contributed by atoms with E-state index in [1.165, 1.54) is 49.7 Å². The summed E-state index contributed by atoms with van der Waals surface area (Å²) in [6.07, 6.45) is 10.7. The molecule has 0 bridgehead atoms. The zero-order chi connectivity index (χ0) is 12.8. The third-order valence-electron chi connectivity index (χ3n) is 4.40. The van der Waals surface area contributed by atoms with Crippen molar-refractivity contribution in [3.05, 3.63) is 35.4 Å². The quantitative estimate of drug-likeness (QED) is 0.805. The molecule has 0 aliphatic heterocycles. The summed E-state index contributed by atoms with van der Waals surface area (Å²) in [5.74, 6) is 0.944. The van der Waals surface area contributed by atoms with Gasteiger partial charge in [-0.2, -0.15) is 0 Å². The van der Waals surface area contributed by atoms with Gasteiger partial charge in [0, 0.05) is 6.04 Å². The number of hydrogen-bond acceptors (Lipinski definition) is 1. The number of benzene rings is 1. The highest BCUT2D eigenvalue weighted by molar-refractivity contribution is 5.25. The molecule has 2 N–H and O–H groups in total. The fourth-order valence-electron chi connectivity index (χ4n) is 3.10. The Kier molecular flexibility index (Phi) is 5.25. The predicted octanol–water partition coefficient (Wildman–Crippen LogP) is 4.61. The van der Waals surface area contributed by atoms with Crippen LogP contribution in [-0.2, 0) is 6.42 Å². The highest BCUT2D eigenvalue weighted by atomic mass is 14.6. The lowest BCUT2D eigenvalue weighted by atomic mass is 9.84. The van der Waals surface area contributed by atoms with E-state index in [0.29, 0.717) is 0 Å². The Hall–Kier alpha value is -0.820. The normalized spacial score (nSPS) is 18.8. The van der Waals surface area contributed by atoms with Gasteiger partial charge in [-0.1, -0.05) is 63.3 Å². The molecule has 1 aromatic carbocycles. The monoisotopic (exact) mass is 245 g/mol. The van der Waals surface area contributed by atoms with Crippen LogP contribution in [0.1, 0.15) is 69.0 Å². The molecule has 0 spiro atoms. The van der Waals surface area contributed by atoms with Crippen molar-refractivity contribution >= 4 is 0 Å². The van der Waals surface area contributed by atoms with Gasteiger partial charge in [0.1, 0.15) is 0 Å². The Morgan fingerprint density at radius 1 is 1.22 bits per heavy atom. The first-order valence-electron chi connectivity index (χ1n) is 7.64. The highest BCUT2D eigenvalue weighted by Crippen LogP contribution is 2.29. The largest absolute Gasteiger partial charge is 0.324 e. The van der Waals surface area contributed by atoms with Crippen molar-refractivity contribution in [3.63, 3.8) is 0 Å². The van der Waals surface area contributed by atoms with Gasteiger partial charge in [0.15, 0.2) is 0 Å². The molecule has 1 fully saturated rings. The van der Waals surface area contributed by atoms with Gasteiger partial charge in [0.25, 0.3) is 0 Å². The van der Waals surface area contributed by atoms with Crippen molar-refractivity contribution in [2.75, 3.05) is 0 Å². The van der Waals surface area contributed by atoms with Gasteiger partial charge in [-0.3, -0.25) is 0 Å². The second-order valence-electron chi connectivity index (χ2n) is 5.79. The molecule has 1 unspecified atom stereocenters. The summed E-state index contributed by atoms with van der Waals surface area (Å²) in [6.45, 7) is 2.20. The maximum absolute atomic E-state index is 6.34. The lowest BCUT2D eigenvalue weighted by Crippen LogP contribution is -2.14. The van der Waals surface area contributed by atoms with Crippen LogP contribution in [0.15, 0.2) is 24.3 Å². The Morgan fingerprint density at radius 3 is 2.72 bits per heavy atom.